The van der Waals surface area contributed by atoms with Gasteiger partial charge in [-0.05, 0) is 39.6 Å². The summed E-state index contributed by atoms with van der Waals surface area (Å²) in [6, 6.07) is 6.42. The SMILES string of the molecule is CCCS(=O)(=O)c1nc(S(=O)(=O)c2ccc(C)cc2)c(NCCN(C)C)s1. The normalized spacial score (nSPS) is 12.5. The number of nitrogens with zero attached hydrogens (tertiary/aromatic N) is 2. The van der Waals surface area contributed by atoms with Crippen LogP contribution >= 0.6 is 11.3 Å². The minimum atomic E-state index is -3.93. The number of thiazole rings is 1. The van der Waals surface area contributed by atoms with Gasteiger partial charge >= 0.3 is 0 Å². The highest BCUT2D eigenvalue weighted by Crippen LogP contribution is 2.35. The predicted molar refractivity (Wildman–Crippen MR) is 108 cm³/mol. The van der Waals surface area contributed by atoms with Gasteiger partial charge in [-0.25, -0.2) is 21.8 Å². The molecule has 0 saturated carbocycles. The van der Waals surface area contributed by atoms with Crippen LogP contribution in [0.4, 0.5) is 5.00 Å². The number of hydrogen-bond acceptors (Lipinski definition) is 8. The summed E-state index contributed by atoms with van der Waals surface area (Å²) in [7, 11) is -3.75. The molecule has 0 bridgehead atoms. The first-order valence-corrected chi connectivity index (χ1v) is 12.5. The van der Waals surface area contributed by atoms with Gasteiger partial charge in [-0.3, -0.25) is 0 Å². The fourth-order valence-electron chi connectivity index (χ4n) is 2.29. The highest BCUT2D eigenvalue weighted by Gasteiger charge is 2.30. The summed E-state index contributed by atoms with van der Waals surface area (Å²) >= 11 is 0.875. The Bertz CT molecular complexity index is 979. The number of hydrogen-bond donors (Lipinski definition) is 1. The molecule has 150 valence electrons. The second-order valence-corrected chi connectivity index (χ2v) is 11.6. The van der Waals surface area contributed by atoms with E-state index in [1.165, 1.54) is 12.1 Å². The standard InChI is InChI=1S/C17H25N3O4S3/c1-5-12-26(21,22)17-19-16(15(25-17)18-10-11-20(3)4)27(23,24)14-8-6-13(2)7-9-14/h6-9,18H,5,10-12H2,1-4H3. The molecule has 0 aliphatic rings. The first-order chi connectivity index (χ1) is 12.6. The first kappa shape index (κ1) is 21.8. The lowest BCUT2D eigenvalue weighted by atomic mass is 10.2. The lowest BCUT2D eigenvalue weighted by Crippen LogP contribution is -2.21. The molecule has 0 saturated heterocycles. The quantitative estimate of drug-likeness (QED) is 0.651. The van der Waals surface area contributed by atoms with Gasteiger partial charge < -0.3 is 10.2 Å². The van der Waals surface area contributed by atoms with Crippen molar-refractivity contribution in [1.82, 2.24) is 9.88 Å². The summed E-state index contributed by atoms with van der Waals surface area (Å²) in [6.07, 6.45) is 0.436. The zero-order valence-electron chi connectivity index (χ0n) is 15.9. The van der Waals surface area contributed by atoms with Gasteiger partial charge in [-0.1, -0.05) is 36.0 Å². The van der Waals surface area contributed by atoms with Crippen LogP contribution in [0, 0.1) is 6.92 Å². The molecule has 0 fully saturated rings. The number of benzene rings is 1. The Morgan fingerprint density at radius 2 is 1.74 bits per heavy atom. The maximum absolute atomic E-state index is 13.1. The average molecular weight is 432 g/mol. The van der Waals surface area contributed by atoms with Crippen molar-refractivity contribution in [3.8, 4) is 0 Å². The van der Waals surface area contributed by atoms with Gasteiger partial charge in [0.1, 0.15) is 5.00 Å². The Kier molecular flexibility index (Phi) is 7.01. The summed E-state index contributed by atoms with van der Waals surface area (Å²) in [5.74, 6) is -0.0678. The van der Waals surface area contributed by atoms with Crippen molar-refractivity contribution < 1.29 is 16.8 Å². The summed E-state index contributed by atoms with van der Waals surface area (Å²) < 4.78 is 50.8. The van der Waals surface area contributed by atoms with E-state index in [1.54, 1.807) is 19.1 Å². The van der Waals surface area contributed by atoms with Gasteiger partial charge in [-0.15, -0.1) is 0 Å². The Morgan fingerprint density at radius 1 is 1.11 bits per heavy atom. The summed E-state index contributed by atoms with van der Waals surface area (Å²) in [4.78, 5) is 6.07. The first-order valence-electron chi connectivity index (χ1n) is 8.52. The molecule has 0 aliphatic carbocycles. The van der Waals surface area contributed by atoms with Gasteiger partial charge in [0.2, 0.25) is 24.0 Å². The molecule has 0 atom stereocenters. The van der Waals surface area contributed by atoms with Crippen molar-refractivity contribution >= 4 is 36.0 Å². The van der Waals surface area contributed by atoms with Crippen molar-refractivity contribution in [1.29, 1.82) is 0 Å². The Hall–Kier alpha value is -1.49. The van der Waals surface area contributed by atoms with Crippen molar-refractivity contribution in [2.75, 3.05) is 38.3 Å². The highest BCUT2D eigenvalue weighted by molar-refractivity contribution is 7.94. The topological polar surface area (TPSA) is 96.4 Å². The van der Waals surface area contributed by atoms with E-state index in [0.29, 0.717) is 19.5 Å². The van der Waals surface area contributed by atoms with E-state index >= 15 is 0 Å². The Morgan fingerprint density at radius 3 is 2.30 bits per heavy atom. The molecule has 1 N–H and O–H groups in total. The zero-order valence-corrected chi connectivity index (χ0v) is 18.3. The minimum Gasteiger partial charge on any atom is -0.373 e. The maximum Gasteiger partial charge on any atom is 0.226 e. The average Bonchev–Trinajstić information content (AvgIpc) is 3.01. The van der Waals surface area contributed by atoms with Crippen LogP contribution in [0.2, 0.25) is 0 Å². The minimum absolute atomic E-state index is 0.0678. The van der Waals surface area contributed by atoms with E-state index < -0.39 is 19.7 Å². The largest absolute Gasteiger partial charge is 0.373 e. The molecule has 10 heteroatoms. The van der Waals surface area contributed by atoms with Gasteiger partial charge in [0.15, 0.2) is 5.03 Å². The molecule has 1 heterocycles. The second-order valence-electron chi connectivity index (χ2n) is 6.48. The van der Waals surface area contributed by atoms with Crippen LogP contribution in [0.25, 0.3) is 0 Å². The monoisotopic (exact) mass is 431 g/mol. The lowest BCUT2D eigenvalue weighted by molar-refractivity contribution is 0.425. The smallest absolute Gasteiger partial charge is 0.226 e. The van der Waals surface area contributed by atoms with Gasteiger partial charge in [0.05, 0.1) is 10.6 Å². The van der Waals surface area contributed by atoms with Crippen molar-refractivity contribution in [2.24, 2.45) is 0 Å². The number of likely N-dealkylation sites (N-methyl/N-ethyl adjacent to an activating group) is 1. The summed E-state index contributed by atoms with van der Waals surface area (Å²) in [5, 5.41) is 3.06. The number of anilines is 1. The lowest BCUT2D eigenvalue weighted by Gasteiger charge is -2.11. The van der Waals surface area contributed by atoms with Gasteiger partial charge in [-0.2, -0.15) is 0 Å². The molecule has 0 aliphatic heterocycles. The van der Waals surface area contributed by atoms with Gasteiger partial charge in [0.25, 0.3) is 0 Å². The number of rotatable bonds is 9. The van der Waals surface area contributed by atoms with Crippen LogP contribution in [0.3, 0.4) is 0 Å². The summed E-state index contributed by atoms with van der Waals surface area (Å²) in [5.41, 5.74) is 0.933. The maximum atomic E-state index is 13.1. The predicted octanol–water partition coefficient (Wildman–Crippen LogP) is 2.44. The third-order valence-corrected chi connectivity index (χ3v) is 8.96. The summed E-state index contributed by atoms with van der Waals surface area (Å²) in [6.45, 7) is 4.76. The van der Waals surface area contributed by atoms with E-state index in [2.05, 4.69) is 10.3 Å². The Balaban J connectivity index is 2.51. The molecule has 2 rings (SSSR count). The molecule has 0 amide bonds. The fraction of sp³-hybridized carbons (Fsp3) is 0.471. The number of aromatic nitrogens is 1. The molecular formula is C17H25N3O4S3. The highest BCUT2D eigenvalue weighted by atomic mass is 32.2. The number of sulfone groups is 2. The van der Waals surface area contributed by atoms with E-state index in [4.69, 9.17) is 0 Å². The number of aryl methyl sites for hydroxylation is 1. The van der Waals surface area contributed by atoms with Crippen LogP contribution in [-0.2, 0) is 19.7 Å². The van der Waals surface area contributed by atoms with E-state index in [0.717, 1.165) is 16.9 Å². The Labute approximate surface area is 165 Å². The second kappa shape index (κ2) is 8.68. The molecule has 0 spiro atoms. The fourth-order valence-corrected chi connectivity index (χ4v) is 6.68. The van der Waals surface area contributed by atoms with E-state index in [1.807, 2.05) is 25.9 Å². The van der Waals surface area contributed by atoms with E-state index in [-0.39, 0.29) is 25.0 Å². The van der Waals surface area contributed by atoms with Crippen LogP contribution in [0.15, 0.2) is 38.5 Å². The molecular weight excluding hydrogens is 406 g/mol. The van der Waals surface area contributed by atoms with Crippen LogP contribution < -0.4 is 5.32 Å². The molecule has 1 aromatic carbocycles. The van der Waals surface area contributed by atoms with Crippen LogP contribution in [-0.4, -0.2) is 59.7 Å². The van der Waals surface area contributed by atoms with Crippen molar-refractivity contribution in [3.63, 3.8) is 0 Å². The molecule has 1 aromatic heterocycles. The third-order valence-electron chi connectivity index (χ3n) is 3.75. The molecule has 0 radical (unpaired) electrons. The zero-order chi connectivity index (χ0) is 20.2. The van der Waals surface area contributed by atoms with E-state index in [9.17, 15) is 16.8 Å². The van der Waals surface area contributed by atoms with Crippen molar-refractivity contribution in [2.45, 2.75) is 34.5 Å². The molecule has 7 nitrogen and oxygen atoms in total. The van der Waals surface area contributed by atoms with Crippen LogP contribution in [0.5, 0.6) is 0 Å². The molecule has 27 heavy (non-hydrogen) atoms. The molecule has 0 unspecified atom stereocenters. The van der Waals surface area contributed by atoms with Gasteiger partial charge in [0, 0.05) is 13.1 Å². The third kappa shape index (κ3) is 5.28. The molecule has 2 aromatic rings. The van der Waals surface area contributed by atoms with Crippen molar-refractivity contribution in [3.05, 3.63) is 29.8 Å². The number of nitrogens with one attached hydrogen (secondary N) is 1. The van der Waals surface area contributed by atoms with Crippen LogP contribution in [0.1, 0.15) is 18.9 Å².